The average molecular weight is 293 g/mol. The van der Waals surface area contributed by atoms with Crippen LogP contribution in [0.15, 0.2) is 16.7 Å². The quantitative estimate of drug-likeness (QED) is 0.830. The van der Waals surface area contributed by atoms with E-state index in [1.807, 2.05) is 19.1 Å². The van der Waals surface area contributed by atoms with Crippen LogP contribution in [0, 0.1) is 0 Å². The first-order chi connectivity index (χ1) is 10.2. The van der Waals surface area contributed by atoms with E-state index in [0.29, 0.717) is 41.9 Å². The van der Waals surface area contributed by atoms with Gasteiger partial charge in [0.05, 0.1) is 14.2 Å². The number of ether oxygens (including phenoxy) is 3. The van der Waals surface area contributed by atoms with Gasteiger partial charge in [-0.1, -0.05) is 12.1 Å². The number of rotatable bonds is 7. The summed E-state index contributed by atoms with van der Waals surface area (Å²) in [5.41, 5.74) is 6.54. The van der Waals surface area contributed by atoms with E-state index < -0.39 is 0 Å². The van der Waals surface area contributed by atoms with Crippen molar-refractivity contribution in [2.24, 2.45) is 5.73 Å². The summed E-state index contributed by atoms with van der Waals surface area (Å²) in [5, 5.41) is 3.81. The zero-order valence-corrected chi connectivity index (χ0v) is 12.4. The number of hydrogen-bond donors (Lipinski definition) is 1. The molecule has 0 amide bonds. The monoisotopic (exact) mass is 293 g/mol. The van der Waals surface area contributed by atoms with E-state index in [9.17, 15) is 0 Å². The molecule has 0 saturated heterocycles. The Morgan fingerprint density at radius 2 is 1.86 bits per heavy atom. The van der Waals surface area contributed by atoms with Crippen LogP contribution in [0.2, 0.25) is 0 Å². The summed E-state index contributed by atoms with van der Waals surface area (Å²) < 4.78 is 21.4. The fraction of sp³-hybridized carbons (Fsp3) is 0.429. The van der Waals surface area contributed by atoms with E-state index in [4.69, 9.17) is 24.5 Å². The van der Waals surface area contributed by atoms with Gasteiger partial charge in [0.2, 0.25) is 5.75 Å². The summed E-state index contributed by atoms with van der Waals surface area (Å²) in [5.74, 6) is 2.62. The molecule has 7 nitrogen and oxygen atoms in total. The van der Waals surface area contributed by atoms with Crippen LogP contribution in [0.25, 0.3) is 0 Å². The molecule has 0 bridgehead atoms. The number of hydrogen-bond acceptors (Lipinski definition) is 7. The zero-order valence-electron chi connectivity index (χ0n) is 12.4. The van der Waals surface area contributed by atoms with Crippen molar-refractivity contribution >= 4 is 0 Å². The molecule has 0 saturated carbocycles. The van der Waals surface area contributed by atoms with Gasteiger partial charge in [0.15, 0.2) is 23.9 Å². The summed E-state index contributed by atoms with van der Waals surface area (Å²) in [6.45, 7) is 2.48. The topological polar surface area (TPSA) is 92.6 Å². The second-order valence-electron chi connectivity index (χ2n) is 4.28. The molecule has 2 rings (SSSR count). The molecule has 0 aliphatic rings. The van der Waals surface area contributed by atoms with Crippen LogP contribution in [-0.4, -0.2) is 24.4 Å². The molecule has 0 unspecified atom stereocenters. The van der Waals surface area contributed by atoms with Crippen molar-refractivity contribution in [2.75, 3.05) is 14.2 Å². The molecule has 2 aromatic rings. The van der Waals surface area contributed by atoms with Gasteiger partial charge in [-0.05, 0) is 17.7 Å². The first-order valence-corrected chi connectivity index (χ1v) is 6.61. The van der Waals surface area contributed by atoms with Gasteiger partial charge < -0.3 is 24.5 Å². The fourth-order valence-corrected chi connectivity index (χ4v) is 1.82. The van der Waals surface area contributed by atoms with Crippen LogP contribution in [0.3, 0.4) is 0 Å². The number of methoxy groups -OCH3 is 2. The van der Waals surface area contributed by atoms with Crippen molar-refractivity contribution in [1.82, 2.24) is 10.1 Å². The minimum Gasteiger partial charge on any atom is -0.493 e. The average Bonchev–Trinajstić information content (AvgIpc) is 2.99. The molecular weight excluding hydrogens is 274 g/mol. The first kappa shape index (κ1) is 15.1. The lowest BCUT2D eigenvalue weighted by Gasteiger charge is -2.14. The third kappa shape index (κ3) is 3.43. The lowest BCUT2D eigenvalue weighted by atomic mass is 10.2. The Morgan fingerprint density at radius 1 is 1.19 bits per heavy atom. The highest BCUT2D eigenvalue weighted by atomic mass is 16.5. The summed E-state index contributed by atoms with van der Waals surface area (Å²) in [6.07, 6.45) is 0.710. The Balaban J connectivity index is 2.21. The molecule has 0 aliphatic carbocycles. The highest BCUT2D eigenvalue weighted by molar-refractivity contribution is 5.53. The summed E-state index contributed by atoms with van der Waals surface area (Å²) in [7, 11) is 3.12. The second kappa shape index (κ2) is 6.94. The smallest absolute Gasteiger partial charge is 0.264 e. The second-order valence-corrected chi connectivity index (χ2v) is 4.28. The number of benzene rings is 1. The third-order valence-corrected chi connectivity index (χ3v) is 2.92. The van der Waals surface area contributed by atoms with E-state index >= 15 is 0 Å². The van der Waals surface area contributed by atoms with Gasteiger partial charge in [-0.2, -0.15) is 4.98 Å². The van der Waals surface area contributed by atoms with Crippen molar-refractivity contribution in [2.45, 2.75) is 26.5 Å². The Labute approximate surface area is 123 Å². The van der Waals surface area contributed by atoms with E-state index in [0.717, 1.165) is 5.56 Å². The molecule has 1 heterocycles. The third-order valence-electron chi connectivity index (χ3n) is 2.92. The largest absolute Gasteiger partial charge is 0.493 e. The standard InChI is InChI=1S/C14H19N3O4/c1-4-12-16-13(21-17-12)8-20-14-10(18-2)5-9(7-15)6-11(14)19-3/h5-6H,4,7-8,15H2,1-3H3. The van der Waals surface area contributed by atoms with Crippen LogP contribution in [0.4, 0.5) is 0 Å². The molecule has 0 radical (unpaired) electrons. The van der Waals surface area contributed by atoms with Crippen molar-refractivity contribution in [3.05, 3.63) is 29.4 Å². The van der Waals surface area contributed by atoms with Gasteiger partial charge in [-0.25, -0.2) is 0 Å². The predicted octanol–water partition coefficient (Wildman–Crippen LogP) is 1.69. The summed E-state index contributed by atoms with van der Waals surface area (Å²) >= 11 is 0. The Morgan fingerprint density at radius 3 is 2.33 bits per heavy atom. The zero-order chi connectivity index (χ0) is 15.2. The first-order valence-electron chi connectivity index (χ1n) is 6.61. The van der Waals surface area contributed by atoms with Gasteiger partial charge in [-0.3, -0.25) is 0 Å². The maximum Gasteiger partial charge on any atom is 0.264 e. The molecule has 114 valence electrons. The number of aromatic nitrogens is 2. The minimum atomic E-state index is 0.141. The molecular formula is C14H19N3O4. The van der Waals surface area contributed by atoms with E-state index in [1.165, 1.54) is 0 Å². The van der Waals surface area contributed by atoms with E-state index in [-0.39, 0.29) is 6.61 Å². The van der Waals surface area contributed by atoms with E-state index in [2.05, 4.69) is 10.1 Å². The lowest BCUT2D eigenvalue weighted by Crippen LogP contribution is -2.03. The van der Waals surface area contributed by atoms with Crippen LogP contribution in [0.5, 0.6) is 17.2 Å². The van der Waals surface area contributed by atoms with Crippen LogP contribution in [-0.2, 0) is 19.6 Å². The summed E-state index contributed by atoms with van der Waals surface area (Å²) in [6, 6.07) is 3.62. The lowest BCUT2D eigenvalue weighted by molar-refractivity contribution is 0.223. The van der Waals surface area contributed by atoms with Crippen molar-refractivity contribution in [3.8, 4) is 17.2 Å². The Hall–Kier alpha value is -2.28. The van der Waals surface area contributed by atoms with Crippen molar-refractivity contribution < 1.29 is 18.7 Å². The summed E-state index contributed by atoms with van der Waals surface area (Å²) in [4.78, 5) is 4.18. The highest BCUT2D eigenvalue weighted by Gasteiger charge is 2.15. The molecule has 1 aromatic heterocycles. The van der Waals surface area contributed by atoms with Crippen LogP contribution >= 0.6 is 0 Å². The molecule has 0 spiro atoms. The van der Waals surface area contributed by atoms with Gasteiger partial charge in [0.1, 0.15) is 0 Å². The fourth-order valence-electron chi connectivity index (χ4n) is 1.82. The van der Waals surface area contributed by atoms with Gasteiger partial charge in [-0.15, -0.1) is 0 Å². The van der Waals surface area contributed by atoms with Crippen molar-refractivity contribution in [1.29, 1.82) is 0 Å². The molecule has 7 heteroatoms. The van der Waals surface area contributed by atoms with Gasteiger partial charge in [0, 0.05) is 13.0 Å². The highest BCUT2D eigenvalue weighted by Crippen LogP contribution is 2.38. The van der Waals surface area contributed by atoms with Crippen LogP contribution < -0.4 is 19.9 Å². The number of aryl methyl sites for hydroxylation is 1. The Bertz CT molecular complexity index is 573. The molecule has 2 N–H and O–H groups in total. The number of nitrogens with two attached hydrogens (primary N) is 1. The number of nitrogens with zero attached hydrogens (tertiary/aromatic N) is 2. The maximum absolute atomic E-state index is 5.71. The molecule has 0 aliphatic heterocycles. The normalized spacial score (nSPS) is 10.5. The molecule has 0 fully saturated rings. The van der Waals surface area contributed by atoms with Gasteiger partial charge in [0.25, 0.3) is 5.89 Å². The van der Waals surface area contributed by atoms with Crippen LogP contribution in [0.1, 0.15) is 24.2 Å². The SMILES string of the molecule is CCc1noc(COc2c(OC)cc(CN)cc2OC)n1. The molecule has 0 atom stereocenters. The molecule has 21 heavy (non-hydrogen) atoms. The van der Waals surface area contributed by atoms with Crippen molar-refractivity contribution in [3.63, 3.8) is 0 Å². The molecule has 1 aromatic carbocycles. The van der Waals surface area contributed by atoms with Gasteiger partial charge >= 0.3 is 0 Å². The predicted molar refractivity (Wildman–Crippen MR) is 75.4 cm³/mol. The minimum absolute atomic E-state index is 0.141. The Kier molecular flexibility index (Phi) is 4.99. The van der Waals surface area contributed by atoms with E-state index in [1.54, 1.807) is 14.2 Å². The maximum atomic E-state index is 5.71.